The topological polar surface area (TPSA) is 49.8 Å². The van der Waals surface area contributed by atoms with Gasteiger partial charge in [0.05, 0.1) is 20.1 Å². The molecule has 0 aromatic carbocycles. The minimum atomic E-state index is -0.272. The molecule has 0 saturated heterocycles. The predicted octanol–water partition coefficient (Wildman–Crippen LogP) is 0.252. The van der Waals surface area contributed by atoms with E-state index in [1.54, 1.807) is 0 Å². The molecular weight excluding hydrogens is 170 g/mol. The number of nitrogens with zero attached hydrogens (tertiary/aromatic N) is 1. The van der Waals surface area contributed by atoms with Crippen molar-refractivity contribution < 1.29 is 14.6 Å². The quantitative estimate of drug-likeness (QED) is 0.609. The average molecular weight is 189 g/mol. The highest BCUT2D eigenvalue weighted by Crippen LogP contribution is 2.04. The Morgan fingerprint density at radius 3 is 2.31 bits per heavy atom. The molecule has 0 rings (SSSR count). The van der Waals surface area contributed by atoms with E-state index in [2.05, 4.69) is 4.74 Å². The van der Waals surface area contributed by atoms with Gasteiger partial charge in [-0.15, -0.1) is 0 Å². The number of aliphatic hydroxyl groups is 1. The molecule has 4 nitrogen and oxygen atoms in total. The van der Waals surface area contributed by atoms with E-state index in [1.165, 1.54) is 7.11 Å². The molecule has 0 radical (unpaired) electrons. The van der Waals surface area contributed by atoms with E-state index in [0.717, 1.165) is 13.1 Å². The van der Waals surface area contributed by atoms with Crippen LogP contribution in [0.1, 0.15) is 20.3 Å². The van der Waals surface area contributed by atoms with Crippen molar-refractivity contribution >= 4 is 5.97 Å². The Bertz CT molecular complexity index is 146. The van der Waals surface area contributed by atoms with E-state index in [-0.39, 0.29) is 25.0 Å². The molecule has 0 aliphatic heterocycles. The van der Waals surface area contributed by atoms with Gasteiger partial charge in [0.2, 0.25) is 0 Å². The largest absolute Gasteiger partial charge is 0.469 e. The minimum Gasteiger partial charge on any atom is -0.469 e. The van der Waals surface area contributed by atoms with Crippen LogP contribution in [-0.2, 0) is 9.53 Å². The van der Waals surface area contributed by atoms with Gasteiger partial charge in [0.15, 0.2) is 0 Å². The summed E-state index contributed by atoms with van der Waals surface area (Å²) in [4.78, 5) is 13.0. The van der Waals surface area contributed by atoms with E-state index in [9.17, 15) is 4.79 Å². The first-order valence-corrected chi connectivity index (χ1v) is 4.61. The highest BCUT2D eigenvalue weighted by Gasteiger charge is 2.18. The van der Waals surface area contributed by atoms with Gasteiger partial charge in [-0.3, -0.25) is 9.69 Å². The second-order valence-corrected chi connectivity index (χ2v) is 2.84. The van der Waals surface area contributed by atoms with E-state index >= 15 is 0 Å². The maximum Gasteiger partial charge on any atom is 0.307 e. The van der Waals surface area contributed by atoms with Crippen LogP contribution >= 0.6 is 0 Å². The zero-order chi connectivity index (χ0) is 10.3. The van der Waals surface area contributed by atoms with Crippen molar-refractivity contribution in [3.63, 3.8) is 0 Å². The summed E-state index contributed by atoms with van der Waals surface area (Å²) in [6.07, 6.45) is 0.259. The van der Waals surface area contributed by atoms with Gasteiger partial charge in [0.25, 0.3) is 0 Å². The third-order valence-corrected chi connectivity index (χ3v) is 2.17. The highest BCUT2D eigenvalue weighted by molar-refractivity contribution is 5.69. The smallest absolute Gasteiger partial charge is 0.307 e. The molecule has 4 heteroatoms. The number of aliphatic hydroxyl groups excluding tert-OH is 1. The Morgan fingerprint density at radius 2 is 2.00 bits per heavy atom. The Morgan fingerprint density at radius 1 is 1.46 bits per heavy atom. The first kappa shape index (κ1) is 12.4. The molecule has 1 N–H and O–H groups in total. The van der Waals surface area contributed by atoms with Gasteiger partial charge in [0, 0.05) is 6.04 Å². The average Bonchev–Trinajstić information content (AvgIpc) is 2.17. The Labute approximate surface area is 79.5 Å². The maximum absolute atomic E-state index is 11.0. The molecular formula is C9H19NO3. The number of ether oxygens (including phenoxy) is 1. The van der Waals surface area contributed by atoms with Crippen molar-refractivity contribution in [1.82, 2.24) is 4.90 Å². The number of methoxy groups -OCH3 is 1. The fraction of sp³-hybridized carbons (Fsp3) is 0.889. The molecule has 0 aromatic heterocycles. The summed E-state index contributed by atoms with van der Waals surface area (Å²) in [7, 11) is 1.36. The lowest BCUT2D eigenvalue weighted by molar-refractivity contribution is -0.142. The van der Waals surface area contributed by atoms with Gasteiger partial charge in [0.1, 0.15) is 0 Å². The van der Waals surface area contributed by atoms with Crippen LogP contribution in [0, 0.1) is 0 Å². The van der Waals surface area contributed by atoms with E-state index in [4.69, 9.17) is 5.11 Å². The summed E-state index contributed by atoms with van der Waals surface area (Å²) in [6, 6.07) is -0.109. The van der Waals surface area contributed by atoms with Gasteiger partial charge < -0.3 is 9.84 Å². The van der Waals surface area contributed by atoms with Crippen molar-refractivity contribution in [2.24, 2.45) is 0 Å². The molecule has 78 valence electrons. The van der Waals surface area contributed by atoms with Crippen molar-refractivity contribution in [1.29, 1.82) is 0 Å². The molecule has 0 aliphatic carbocycles. The summed E-state index contributed by atoms with van der Waals surface area (Å²) in [6.45, 7) is 5.67. The van der Waals surface area contributed by atoms with E-state index in [1.807, 2.05) is 18.7 Å². The van der Waals surface area contributed by atoms with Crippen LogP contribution in [0.2, 0.25) is 0 Å². The number of hydrogen-bond acceptors (Lipinski definition) is 4. The van der Waals surface area contributed by atoms with Crippen LogP contribution in [0.3, 0.4) is 0 Å². The highest BCUT2D eigenvalue weighted by atomic mass is 16.5. The number of hydrogen-bond donors (Lipinski definition) is 1. The van der Waals surface area contributed by atoms with E-state index < -0.39 is 0 Å². The molecule has 13 heavy (non-hydrogen) atoms. The van der Waals surface area contributed by atoms with Crippen molar-refractivity contribution in [3.05, 3.63) is 0 Å². The summed E-state index contributed by atoms with van der Waals surface area (Å²) < 4.78 is 4.54. The second kappa shape index (κ2) is 6.86. The summed E-state index contributed by atoms with van der Waals surface area (Å²) in [5.41, 5.74) is 0. The zero-order valence-corrected chi connectivity index (χ0v) is 8.62. The third-order valence-electron chi connectivity index (χ3n) is 2.17. The summed E-state index contributed by atoms with van der Waals surface area (Å²) in [5.74, 6) is -0.272. The molecule has 0 spiro atoms. The van der Waals surface area contributed by atoms with Crippen molar-refractivity contribution in [2.75, 3.05) is 26.8 Å². The van der Waals surface area contributed by atoms with Crippen LogP contribution in [0.5, 0.6) is 0 Å². The molecule has 1 atom stereocenters. The number of esters is 1. The molecule has 0 fully saturated rings. The Hall–Kier alpha value is -0.610. The lowest BCUT2D eigenvalue weighted by Gasteiger charge is -2.26. The molecule has 0 aliphatic rings. The fourth-order valence-electron chi connectivity index (χ4n) is 1.32. The van der Waals surface area contributed by atoms with Crippen molar-refractivity contribution in [3.8, 4) is 0 Å². The lowest BCUT2D eigenvalue weighted by Crippen LogP contribution is -2.39. The molecule has 0 saturated carbocycles. The first-order chi connectivity index (χ1) is 6.19. The molecule has 0 bridgehead atoms. The molecule has 1 unspecified atom stereocenters. The van der Waals surface area contributed by atoms with Crippen molar-refractivity contribution in [2.45, 2.75) is 26.3 Å². The molecule has 0 amide bonds. The number of rotatable bonds is 6. The maximum atomic E-state index is 11.0. The predicted molar refractivity (Wildman–Crippen MR) is 50.4 cm³/mol. The van der Waals surface area contributed by atoms with Crippen LogP contribution in [0.15, 0.2) is 0 Å². The molecule has 0 aromatic rings. The fourth-order valence-corrected chi connectivity index (χ4v) is 1.32. The number of likely N-dealkylation sites (N-methyl/N-ethyl adjacent to an activating group) is 1. The Kier molecular flexibility index (Phi) is 6.54. The minimum absolute atomic E-state index is 0.00319. The standard InChI is InChI=1S/C9H19NO3/c1-4-10(5-2)8(7-11)6-9(12)13-3/h8,11H,4-7H2,1-3H3. The lowest BCUT2D eigenvalue weighted by atomic mass is 10.2. The zero-order valence-electron chi connectivity index (χ0n) is 8.62. The van der Waals surface area contributed by atoms with Gasteiger partial charge in [-0.25, -0.2) is 0 Å². The van der Waals surface area contributed by atoms with Gasteiger partial charge in [-0.1, -0.05) is 13.8 Å². The third kappa shape index (κ3) is 4.24. The SMILES string of the molecule is CCN(CC)C(CO)CC(=O)OC. The second-order valence-electron chi connectivity index (χ2n) is 2.84. The number of carbonyl (C=O) groups excluding carboxylic acids is 1. The summed E-state index contributed by atoms with van der Waals surface area (Å²) in [5, 5.41) is 9.05. The summed E-state index contributed by atoms with van der Waals surface area (Å²) >= 11 is 0. The van der Waals surface area contributed by atoms with Crippen LogP contribution in [0.4, 0.5) is 0 Å². The molecule has 0 heterocycles. The first-order valence-electron chi connectivity index (χ1n) is 4.61. The Balaban J connectivity index is 4.06. The van der Waals surface area contributed by atoms with Gasteiger partial charge in [-0.2, -0.15) is 0 Å². The normalized spacial score (nSPS) is 13.0. The van der Waals surface area contributed by atoms with Gasteiger partial charge in [-0.05, 0) is 13.1 Å². The number of carbonyl (C=O) groups is 1. The van der Waals surface area contributed by atoms with E-state index in [0.29, 0.717) is 0 Å². The van der Waals surface area contributed by atoms with Gasteiger partial charge >= 0.3 is 5.97 Å². The van der Waals surface area contributed by atoms with Crippen LogP contribution < -0.4 is 0 Å². The monoisotopic (exact) mass is 189 g/mol. The van der Waals surface area contributed by atoms with Crippen LogP contribution in [-0.4, -0.2) is 48.8 Å². The van der Waals surface area contributed by atoms with Crippen LogP contribution in [0.25, 0.3) is 0 Å².